The van der Waals surface area contributed by atoms with Crippen LogP contribution < -0.4 is 10.1 Å². The summed E-state index contributed by atoms with van der Waals surface area (Å²) < 4.78 is 13.8. The van der Waals surface area contributed by atoms with Gasteiger partial charge in [-0.15, -0.1) is 5.10 Å². The van der Waals surface area contributed by atoms with Crippen molar-refractivity contribution in [2.45, 2.75) is 52.0 Å². The molecular weight excluding hydrogens is 514 g/mol. The molecule has 2 aromatic heterocycles. The number of nitrogens with zero attached hydrogens (tertiary/aromatic N) is 6. The third kappa shape index (κ3) is 7.76. The Morgan fingerprint density at radius 3 is 2.92 bits per heavy atom. The highest BCUT2D eigenvalue weighted by Crippen LogP contribution is 2.23. The van der Waals surface area contributed by atoms with Gasteiger partial charge in [-0.3, -0.25) is 4.79 Å². The standard InChI is InChI=1S/C28H37N7O5/c1-20-16-34(21(2)18-36)27(37)11-7-13-35-23(15-30-32-35)19-39-25(20)17-33(3)28(38)31-22-8-6-9-24(14-22)40-26-10-4-5-12-29-26/h4-6,8-10,12,14-15,20-21,25,36H,7,11,13,16-19H2,1-3H3,(H,31,38)/t20-,21+,25+/m0/s1. The molecule has 214 valence electrons. The minimum atomic E-state index is -0.404. The van der Waals surface area contributed by atoms with Gasteiger partial charge in [-0.1, -0.05) is 24.3 Å². The summed E-state index contributed by atoms with van der Waals surface area (Å²) in [6, 6.07) is 11.8. The Kier molecular flexibility index (Phi) is 10.0. The predicted molar refractivity (Wildman–Crippen MR) is 148 cm³/mol. The summed E-state index contributed by atoms with van der Waals surface area (Å²) in [6.45, 7) is 5.15. The number of amides is 3. The highest BCUT2D eigenvalue weighted by molar-refractivity contribution is 5.89. The molecule has 0 fully saturated rings. The Labute approximate surface area is 233 Å². The average Bonchev–Trinajstić information content (AvgIpc) is 3.40. The molecule has 1 aliphatic rings. The van der Waals surface area contributed by atoms with Crippen LogP contribution in [0.25, 0.3) is 0 Å². The van der Waals surface area contributed by atoms with Gasteiger partial charge in [0, 0.05) is 63.0 Å². The molecule has 0 saturated heterocycles. The SMILES string of the molecule is C[C@H](CO)N1C[C@H](C)[C@@H](CN(C)C(=O)Nc2cccc(Oc3ccccn3)c2)OCc2cnnn2CCCC1=O. The number of aryl methyl sites for hydroxylation is 1. The lowest BCUT2D eigenvalue weighted by Crippen LogP contribution is -2.48. The molecule has 3 amide bonds. The number of aromatic nitrogens is 4. The van der Waals surface area contributed by atoms with Gasteiger partial charge < -0.3 is 29.7 Å². The van der Waals surface area contributed by atoms with E-state index in [1.807, 2.05) is 19.9 Å². The van der Waals surface area contributed by atoms with E-state index in [-0.39, 0.29) is 43.7 Å². The summed E-state index contributed by atoms with van der Waals surface area (Å²) in [5.74, 6) is 0.833. The number of anilines is 1. The molecule has 3 atom stereocenters. The summed E-state index contributed by atoms with van der Waals surface area (Å²) in [4.78, 5) is 33.6. The molecule has 1 aliphatic heterocycles. The average molecular weight is 552 g/mol. The third-order valence-electron chi connectivity index (χ3n) is 6.89. The molecule has 0 saturated carbocycles. The smallest absolute Gasteiger partial charge is 0.321 e. The van der Waals surface area contributed by atoms with Gasteiger partial charge in [0.1, 0.15) is 5.75 Å². The maximum Gasteiger partial charge on any atom is 0.321 e. The lowest BCUT2D eigenvalue weighted by molar-refractivity contribution is -0.136. The monoisotopic (exact) mass is 551 g/mol. The molecule has 0 radical (unpaired) electrons. The zero-order valence-corrected chi connectivity index (χ0v) is 23.1. The van der Waals surface area contributed by atoms with Crippen LogP contribution in [0, 0.1) is 5.92 Å². The van der Waals surface area contributed by atoms with Gasteiger partial charge in [-0.05, 0) is 31.5 Å². The van der Waals surface area contributed by atoms with E-state index in [2.05, 4.69) is 20.6 Å². The fourth-order valence-electron chi connectivity index (χ4n) is 4.48. The van der Waals surface area contributed by atoms with E-state index in [1.54, 1.807) is 70.3 Å². The number of carbonyl (C=O) groups excluding carboxylic acids is 2. The summed E-state index contributed by atoms with van der Waals surface area (Å²) in [6.07, 6.45) is 3.85. The molecular formula is C28H37N7O5. The van der Waals surface area contributed by atoms with Crippen LogP contribution in [-0.2, 0) is 22.7 Å². The number of aliphatic hydroxyl groups is 1. The first-order chi connectivity index (χ1) is 19.3. The van der Waals surface area contributed by atoms with Crippen LogP contribution in [-0.4, -0.2) is 85.7 Å². The number of pyridine rings is 1. The fraction of sp³-hybridized carbons (Fsp3) is 0.464. The number of carbonyl (C=O) groups is 2. The Balaban J connectivity index is 1.45. The first-order valence-corrected chi connectivity index (χ1v) is 13.4. The number of likely N-dealkylation sites (N-methyl/N-ethyl adjacent to an activating group) is 1. The van der Waals surface area contributed by atoms with Crippen LogP contribution in [0.15, 0.2) is 54.9 Å². The number of urea groups is 1. The van der Waals surface area contributed by atoms with Gasteiger partial charge >= 0.3 is 6.03 Å². The summed E-state index contributed by atoms with van der Waals surface area (Å²) in [5, 5.41) is 20.8. The van der Waals surface area contributed by atoms with E-state index in [4.69, 9.17) is 9.47 Å². The zero-order chi connectivity index (χ0) is 28.5. The Morgan fingerprint density at radius 2 is 2.15 bits per heavy atom. The molecule has 0 unspecified atom stereocenters. The molecule has 40 heavy (non-hydrogen) atoms. The number of hydrogen-bond acceptors (Lipinski definition) is 8. The molecule has 3 heterocycles. The number of aliphatic hydroxyl groups excluding tert-OH is 1. The molecule has 12 nitrogen and oxygen atoms in total. The molecule has 0 spiro atoms. The second kappa shape index (κ2) is 13.9. The molecule has 0 bridgehead atoms. The number of nitrogens with one attached hydrogen (secondary N) is 1. The Morgan fingerprint density at radius 1 is 1.30 bits per heavy atom. The van der Waals surface area contributed by atoms with Crippen LogP contribution in [0.5, 0.6) is 11.6 Å². The molecule has 0 aliphatic carbocycles. The minimum absolute atomic E-state index is 0.0340. The highest BCUT2D eigenvalue weighted by Gasteiger charge is 2.29. The van der Waals surface area contributed by atoms with Crippen molar-refractivity contribution in [1.82, 2.24) is 29.8 Å². The van der Waals surface area contributed by atoms with Crippen LogP contribution >= 0.6 is 0 Å². The maximum atomic E-state index is 13.2. The topological polar surface area (TPSA) is 135 Å². The van der Waals surface area contributed by atoms with Crippen molar-refractivity contribution in [3.63, 3.8) is 0 Å². The molecule has 4 rings (SSSR count). The van der Waals surface area contributed by atoms with Crippen molar-refractivity contribution >= 4 is 17.6 Å². The van der Waals surface area contributed by atoms with Gasteiger partial charge in [0.2, 0.25) is 11.8 Å². The van der Waals surface area contributed by atoms with Gasteiger partial charge in [-0.2, -0.15) is 0 Å². The van der Waals surface area contributed by atoms with Crippen molar-refractivity contribution in [1.29, 1.82) is 0 Å². The molecule has 1 aromatic carbocycles. The van der Waals surface area contributed by atoms with Crippen LogP contribution in [0.4, 0.5) is 10.5 Å². The van der Waals surface area contributed by atoms with Crippen LogP contribution in [0.2, 0.25) is 0 Å². The largest absolute Gasteiger partial charge is 0.439 e. The second-order valence-electron chi connectivity index (χ2n) is 10.1. The molecule has 3 aromatic rings. The Bertz CT molecular complexity index is 1250. The van der Waals surface area contributed by atoms with Gasteiger partial charge in [0.15, 0.2) is 0 Å². The first kappa shape index (κ1) is 29.0. The lowest BCUT2D eigenvalue weighted by atomic mass is 10.0. The van der Waals surface area contributed by atoms with E-state index in [1.165, 1.54) is 0 Å². The fourth-order valence-corrected chi connectivity index (χ4v) is 4.48. The normalized spacial score (nSPS) is 19.1. The number of fused-ring (bicyclic) bond motifs is 1. The lowest BCUT2D eigenvalue weighted by Gasteiger charge is -2.35. The van der Waals surface area contributed by atoms with Crippen molar-refractivity contribution in [3.05, 3.63) is 60.6 Å². The molecule has 2 N–H and O–H groups in total. The van der Waals surface area contributed by atoms with E-state index >= 15 is 0 Å². The number of hydrogen-bond donors (Lipinski definition) is 2. The van der Waals surface area contributed by atoms with Crippen molar-refractivity contribution < 1.29 is 24.2 Å². The van der Waals surface area contributed by atoms with Gasteiger partial charge in [0.05, 0.1) is 37.3 Å². The van der Waals surface area contributed by atoms with Crippen molar-refractivity contribution in [3.8, 4) is 11.6 Å². The number of benzene rings is 1. The first-order valence-electron chi connectivity index (χ1n) is 13.4. The van der Waals surface area contributed by atoms with Crippen molar-refractivity contribution in [2.75, 3.05) is 32.1 Å². The van der Waals surface area contributed by atoms with Gasteiger partial charge in [0.25, 0.3) is 0 Å². The molecule has 12 heteroatoms. The second-order valence-corrected chi connectivity index (χ2v) is 10.1. The summed E-state index contributed by atoms with van der Waals surface area (Å²) in [5.41, 5.74) is 1.38. The highest BCUT2D eigenvalue weighted by atomic mass is 16.5. The quantitative estimate of drug-likeness (QED) is 0.457. The Hall–Kier alpha value is -4.03. The van der Waals surface area contributed by atoms with Crippen molar-refractivity contribution in [2.24, 2.45) is 5.92 Å². The van der Waals surface area contributed by atoms with Gasteiger partial charge in [-0.25, -0.2) is 14.5 Å². The number of rotatable bonds is 7. The maximum absolute atomic E-state index is 13.2. The summed E-state index contributed by atoms with van der Waals surface area (Å²) in [7, 11) is 1.70. The van der Waals surface area contributed by atoms with E-state index in [9.17, 15) is 14.7 Å². The predicted octanol–water partition coefficient (Wildman–Crippen LogP) is 3.15. The summed E-state index contributed by atoms with van der Waals surface area (Å²) >= 11 is 0. The zero-order valence-electron chi connectivity index (χ0n) is 23.1. The third-order valence-corrected chi connectivity index (χ3v) is 6.89. The van der Waals surface area contributed by atoms with E-state index in [0.717, 1.165) is 5.69 Å². The minimum Gasteiger partial charge on any atom is -0.439 e. The van der Waals surface area contributed by atoms with Crippen LogP contribution in [0.3, 0.4) is 0 Å². The van der Waals surface area contributed by atoms with Crippen LogP contribution in [0.1, 0.15) is 32.4 Å². The number of ether oxygens (including phenoxy) is 2. The van der Waals surface area contributed by atoms with E-state index < -0.39 is 6.10 Å². The van der Waals surface area contributed by atoms with E-state index in [0.29, 0.717) is 43.2 Å².